The van der Waals surface area contributed by atoms with Crippen LogP contribution in [-0.2, 0) is 9.31 Å². The average molecular weight is 271 g/mol. The van der Waals surface area contributed by atoms with E-state index in [1.165, 1.54) is 0 Å². The molecule has 1 fully saturated rings. The summed E-state index contributed by atoms with van der Waals surface area (Å²) in [6.07, 6.45) is 1.64. The number of nitrogens with zero attached hydrogens (tertiary/aromatic N) is 2. The van der Waals surface area contributed by atoms with Gasteiger partial charge in [-0.2, -0.15) is 5.10 Å². The zero-order valence-electron chi connectivity index (χ0n) is 11.8. The van der Waals surface area contributed by atoms with Gasteiger partial charge in [0.05, 0.1) is 28.0 Å². The van der Waals surface area contributed by atoms with Crippen LogP contribution in [0.4, 0.5) is 0 Å². The van der Waals surface area contributed by atoms with Gasteiger partial charge in [0.1, 0.15) is 0 Å². The van der Waals surface area contributed by atoms with Crippen LogP contribution in [0.1, 0.15) is 47.6 Å². The Morgan fingerprint density at radius 2 is 1.72 bits per heavy atom. The van der Waals surface area contributed by atoms with Crippen molar-refractivity contribution in [2.24, 2.45) is 0 Å². The first kappa shape index (κ1) is 13.9. The largest absolute Gasteiger partial charge is 0.515 e. The van der Waals surface area contributed by atoms with E-state index >= 15 is 0 Å². The van der Waals surface area contributed by atoms with Crippen molar-refractivity contribution in [2.45, 2.75) is 58.8 Å². The monoisotopic (exact) mass is 270 g/mol. The Labute approximate surface area is 114 Å². The van der Waals surface area contributed by atoms with E-state index in [0.717, 1.165) is 5.59 Å². The number of rotatable bonds is 2. The van der Waals surface area contributed by atoms with Gasteiger partial charge in [0.15, 0.2) is 0 Å². The second-order valence-electron chi connectivity index (χ2n) is 6.00. The molecular weight excluding hydrogens is 250 g/mol. The number of halogens is 1. The molecule has 18 heavy (non-hydrogen) atoms. The van der Waals surface area contributed by atoms with E-state index in [1.54, 1.807) is 6.20 Å². The third-order valence-corrected chi connectivity index (χ3v) is 4.04. The van der Waals surface area contributed by atoms with Crippen molar-refractivity contribution < 1.29 is 9.31 Å². The Morgan fingerprint density at radius 1 is 1.22 bits per heavy atom. The van der Waals surface area contributed by atoms with Crippen molar-refractivity contribution in [3.63, 3.8) is 0 Å². The van der Waals surface area contributed by atoms with E-state index in [2.05, 4.69) is 18.9 Å². The molecule has 0 aliphatic carbocycles. The van der Waals surface area contributed by atoms with Gasteiger partial charge in [-0.15, -0.1) is 0 Å². The van der Waals surface area contributed by atoms with Crippen molar-refractivity contribution in [3.05, 3.63) is 11.2 Å². The normalized spacial score (nSPS) is 21.9. The number of hydrogen-bond donors (Lipinski definition) is 0. The van der Waals surface area contributed by atoms with Crippen LogP contribution in [-0.4, -0.2) is 28.1 Å². The molecule has 2 rings (SSSR count). The lowest BCUT2D eigenvalue weighted by atomic mass is 9.84. The van der Waals surface area contributed by atoms with Crippen molar-refractivity contribution in [1.82, 2.24) is 9.78 Å². The van der Waals surface area contributed by atoms with Crippen LogP contribution in [0.5, 0.6) is 0 Å². The Kier molecular flexibility index (Phi) is 3.29. The van der Waals surface area contributed by atoms with E-state index in [4.69, 9.17) is 20.9 Å². The minimum atomic E-state index is -0.465. The summed E-state index contributed by atoms with van der Waals surface area (Å²) in [7, 11) is -0.465. The third-order valence-electron chi connectivity index (χ3n) is 3.75. The quantitative estimate of drug-likeness (QED) is 0.775. The first-order valence-corrected chi connectivity index (χ1v) is 6.62. The fourth-order valence-electron chi connectivity index (χ4n) is 1.94. The molecule has 0 N–H and O–H groups in total. The van der Waals surface area contributed by atoms with Crippen LogP contribution in [0, 0.1) is 0 Å². The molecule has 1 aromatic rings. The SMILES string of the molecule is CC(C)n1ncc(Cl)c1B1OC(C)(C)C(C)(C)O1. The molecule has 0 aromatic carbocycles. The van der Waals surface area contributed by atoms with E-state index in [0.29, 0.717) is 5.02 Å². The highest BCUT2D eigenvalue weighted by atomic mass is 35.5. The smallest absolute Gasteiger partial charge is 0.398 e. The van der Waals surface area contributed by atoms with Gasteiger partial charge in [-0.3, -0.25) is 4.68 Å². The molecule has 0 atom stereocenters. The molecule has 0 bridgehead atoms. The van der Waals surface area contributed by atoms with E-state index in [1.807, 2.05) is 32.4 Å². The molecule has 1 aliphatic heterocycles. The highest BCUT2D eigenvalue weighted by Gasteiger charge is 2.53. The van der Waals surface area contributed by atoms with Gasteiger partial charge >= 0.3 is 7.12 Å². The van der Waals surface area contributed by atoms with Gasteiger partial charge in [-0.25, -0.2) is 0 Å². The Bertz CT molecular complexity index is 441. The lowest BCUT2D eigenvalue weighted by Crippen LogP contribution is -2.41. The molecule has 6 heteroatoms. The predicted molar refractivity (Wildman–Crippen MR) is 73.3 cm³/mol. The van der Waals surface area contributed by atoms with Crippen molar-refractivity contribution in [3.8, 4) is 0 Å². The van der Waals surface area contributed by atoms with E-state index in [9.17, 15) is 0 Å². The molecule has 0 saturated carbocycles. The zero-order chi connectivity index (χ0) is 13.7. The first-order chi connectivity index (χ1) is 8.16. The molecule has 0 amide bonds. The third kappa shape index (κ3) is 2.08. The van der Waals surface area contributed by atoms with Crippen LogP contribution < -0.4 is 5.59 Å². The van der Waals surface area contributed by atoms with Crippen molar-refractivity contribution in [1.29, 1.82) is 0 Å². The fourth-order valence-corrected chi connectivity index (χ4v) is 2.16. The van der Waals surface area contributed by atoms with Crippen LogP contribution in [0.25, 0.3) is 0 Å². The lowest BCUT2D eigenvalue weighted by molar-refractivity contribution is 0.00578. The molecular formula is C12H20BClN2O2. The summed E-state index contributed by atoms with van der Waals surface area (Å²) in [4.78, 5) is 0. The highest BCUT2D eigenvalue weighted by molar-refractivity contribution is 6.64. The summed E-state index contributed by atoms with van der Waals surface area (Å²) in [6, 6.07) is 0.214. The molecule has 0 radical (unpaired) electrons. The minimum absolute atomic E-state index is 0.214. The minimum Gasteiger partial charge on any atom is -0.398 e. The predicted octanol–water partition coefficient (Wildman–Crippen LogP) is 2.42. The van der Waals surface area contributed by atoms with Gasteiger partial charge in [0, 0.05) is 6.04 Å². The number of aromatic nitrogens is 2. The van der Waals surface area contributed by atoms with Crippen LogP contribution in [0.3, 0.4) is 0 Å². The fraction of sp³-hybridized carbons (Fsp3) is 0.750. The summed E-state index contributed by atoms with van der Waals surface area (Å²) in [5, 5.41) is 4.87. The van der Waals surface area contributed by atoms with E-state index < -0.39 is 7.12 Å². The lowest BCUT2D eigenvalue weighted by Gasteiger charge is -2.32. The van der Waals surface area contributed by atoms with Crippen molar-refractivity contribution >= 4 is 24.3 Å². The molecule has 1 aromatic heterocycles. The molecule has 0 spiro atoms. The topological polar surface area (TPSA) is 36.3 Å². The summed E-state index contributed by atoms with van der Waals surface area (Å²) < 4.78 is 13.9. The molecule has 4 nitrogen and oxygen atoms in total. The molecule has 2 heterocycles. The van der Waals surface area contributed by atoms with Crippen LogP contribution in [0.15, 0.2) is 6.20 Å². The molecule has 0 unspecified atom stereocenters. The first-order valence-electron chi connectivity index (χ1n) is 6.24. The molecule has 100 valence electrons. The summed E-state index contributed by atoms with van der Waals surface area (Å²) in [6.45, 7) is 12.2. The molecule has 1 aliphatic rings. The van der Waals surface area contributed by atoms with Gasteiger partial charge < -0.3 is 9.31 Å². The highest BCUT2D eigenvalue weighted by Crippen LogP contribution is 2.37. The Balaban J connectivity index is 2.38. The second-order valence-corrected chi connectivity index (χ2v) is 6.41. The van der Waals surface area contributed by atoms with Gasteiger partial charge in [-0.1, -0.05) is 11.6 Å². The van der Waals surface area contributed by atoms with Gasteiger partial charge in [-0.05, 0) is 41.5 Å². The van der Waals surface area contributed by atoms with Crippen molar-refractivity contribution in [2.75, 3.05) is 0 Å². The summed E-state index contributed by atoms with van der Waals surface area (Å²) in [5.74, 6) is 0. The summed E-state index contributed by atoms with van der Waals surface area (Å²) >= 11 is 6.21. The molecule has 1 saturated heterocycles. The van der Waals surface area contributed by atoms with Gasteiger partial charge in [0.2, 0.25) is 0 Å². The van der Waals surface area contributed by atoms with Crippen LogP contribution >= 0.6 is 11.6 Å². The Hall–Kier alpha value is -0.515. The number of hydrogen-bond acceptors (Lipinski definition) is 3. The summed E-state index contributed by atoms with van der Waals surface area (Å²) in [5.41, 5.74) is 0.0606. The zero-order valence-corrected chi connectivity index (χ0v) is 12.6. The maximum absolute atomic E-state index is 6.21. The maximum Gasteiger partial charge on any atom is 0.515 e. The Morgan fingerprint density at radius 3 is 2.17 bits per heavy atom. The standard InChI is InChI=1S/C12H20BClN2O2/c1-8(2)16-10(9(14)7-15-16)13-17-11(3,4)12(5,6)18-13/h7-8H,1-6H3. The maximum atomic E-state index is 6.21. The van der Waals surface area contributed by atoms with Gasteiger partial charge in [0.25, 0.3) is 0 Å². The second kappa shape index (κ2) is 4.25. The van der Waals surface area contributed by atoms with E-state index in [-0.39, 0.29) is 17.2 Å². The average Bonchev–Trinajstić information content (AvgIpc) is 2.66. The van der Waals surface area contributed by atoms with Crippen LogP contribution in [0.2, 0.25) is 5.02 Å².